The lowest BCUT2D eigenvalue weighted by Crippen LogP contribution is -2.46. The van der Waals surface area contributed by atoms with Crippen molar-refractivity contribution in [1.29, 1.82) is 0 Å². The third-order valence-corrected chi connectivity index (χ3v) is 7.90. The SMILES string of the molecule is CN(C)S(=O)(=O)c1cc(C(=O)N2CCC(NC(=O)c3ccccc3)CC2)ccc1Br. The monoisotopic (exact) mass is 493 g/mol. The predicted molar refractivity (Wildman–Crippen MR) is 118 cm³/mol. The highest BCUT2D eigenvalue weighted by molar-refractivity contribution is 9.10. The van der Waals surface area contributed by atoms with Crippen LogP contribution in [0.15, 0.2) is 57.9 Å². The average Bonchev–Trinajstić information content (AvgIpc) is 2.74. The molecule has 160 valence electrons. The number of nitrogens with one attached hydrogen (secondary N) is 1. The van der Waals surface area contributed by atoms with Crippen LogP contribution in [0.1, 0.15) is 33.6 Å². The van der Waals surface area contributed by atoms with Crippen LogP contribution < -0.4 is 5.32 Å². The summed E-state index contributed by atoms with van der Waals surface area (Å²) in [5, 5.41) is 3.02. The van der Waals surface area contributed by atoms with Crippen molar-refractivity contribution < 1.29 is 18.0 Å². The lowest BCUT2D eigenvalue weighted by Gasteiger charge is -2.32. The van der Waals surface area contributed by atoms with E-state index >= 15 is 0 Å². The average molecular weight is 494 g/mol. The van der Waals surface area contributed by atoms with Crippen molar-refractivity contribution in [2.75, 3.05) is 27.2 Å². The molecule has 0 aliphatic carbocycles. The van der Waals surface area contributed by atoms with Crippen molar-refractivity contribution in [2.24, 2.45) is 0 Å². The Bertz CT molecular complexity index is 1030. The number of hydrogen-bond acceptors (Lipinski definition) is 4. The number of piperidine rings is 1. The van der Waals surface area contributed by atoms with E-state index in [-0.39, 0.29) is 22.8 Å². The second kappa shape index (κ2) is 9.28. The zero-order chi connectivity index (χ0) is 21.9. The number of carbonyl (C=O) groups excluding carboxylic acids is 2. The van der Waals surface area contributed by atoms with Gasteiger partial charge >= 0.3 is 0 Å². The molecule has 2 aromatic carbocycles. The maximum absolute atomic E-state index is 12.9. The fraction of sp³-hybridized carbons (Fsp3) is 0.333. The molecule has 0 aromatic heterocycles. The number of amides is 2. The van der Waals surface area contributed by atoms with Crippen LogP contribution in [0.3, 0.4) is 0 Å². The Hall–Kier alpha value is -2.23. The molecule has 0 saturated carbocycles. The third kappa shape index (κ3) is 4.91. The van der Waals surface area contributed by atoms with Gasteiger partial charge in [0.1, 0.15) is 0 Å². The van der Waals surface area contributed by atoms with Crippen LogP contribution >= 0.6 is 15.9 Å². The minimum Gasteiger partial charge on any atom is -0.349 e. The van der Waals surface area contributed by atoms with Gasteiger partial charge in [-0.05, 0) is 59.1 Å². The summed E-state index contributed by atoms with van der Waals surface area (Å²) in [4.78, 5) is 27.0. The van der Waals surface area contributed by atoms with Crippen LogP contribution in [-0.4, -0.2) is 62.7 Å². The molecule has 2 amide bonds. The molecule has 30 heavy (non-hydrogen) atoms. The summed E-state index contributed by atoms with van der Waals surface area (Å²) >= 11 is 3.26. The van der Waals surface area contributed by atoms with Crippen LogP contribution in [0.4, 0.5) is 0 Å². The Balaban J connectivity index is 1.65. The number of nitrogens with zero attached hydrogens (tertiary/aromatic N) is 2. The molecule has 1 fully saturated rings. The molecular weight excluding hydrogens is 470 g/mol. The molecule has 1 heterocycles. The molecule has 1 saturated heterocycles. The van der Waals surface area contributed by atoms with Crippen molar-refractivity contribution in [3.63, 3.8) is 0 Å². The largest absolute Gasteiger partial charge is 0.349 e. The molecule has 0 bridgehead atoms. The molecule has 1 aliphatic rings. The first kappa shape index (κ1) is 22.5. The lowest BCUT2D eigenvalue weighted by molar-refractivity contribution is 0.0698. The van der Waals surface area contributed by atoms with Gasteiger partial charge in [0.05, 0.1) is 4.90 Å². The highest BCUT2D eigenvalue weighted by Crippen LogP contribution is 2.26. The van der Waals surface area contributed by atoms with Crippen molar-refractivity contribution in [2.45, 2.75) is 23.8 Å². The van der Waals surface area contributed by atoms with E-state index in [0.29, 0.717) is 41.5 Å². The van der Waals surface area contributed by atoms with Crippen LogP contribution in [0.25, 0.3) is 0 Å². The molecule has 9 heteroatoms. The van der Waals surface area contributed by atoms with E-state index in [9.17, 15) is 18.0 Å². The Labute approximate surface area is 185 Å². The fourth-order valence-electron chi connectivity index (χ4n) is 3.30. The molecule has 0 radical (unpaired) electrons. The van der Waals surface area contributed by atoms with Crippen molar-refractivity contribution in [1.82, 2.24) is 14.5 Å². The normalized spacial score (nSPS) is 15.3. The fourth-order valence-corrected chi connectivity index (χ4v) is 5.14. The minimum atomic E-state index is -3.67. The highest BCUT2D eigenvalue weighted by atomic mass is 79.9. The predicted octanol–water partition coefficient (Wildman–Crippen LogP) is 2.73. The number of rotatable bonds is 5. The number of halogens is 1. The van der Waals surface area contributed by atoms with E-state index in [0.717, 1.165) is 4.31 Å². The Morgan fingerprint density at radius 2 is 1.67 bits per heavy atom. The van der Waals surface area contributed by atoms with Gasteiger partial charge in [0.25, 0.3) is 11.8 Å². The zero-order valence-corrected chi connectivity index (χ0v) is 19.2. The number of sulfonamides is 1. The molecule has 7 nitrogen and oxygen atoms in total. The van der Waals surface area contributed by atoms with Gasteiger partial charge in [0.15, 0.2) is 0 Å². The van der Waals surface area contributed by atoms with E-state index in [1.165, 1.54) is 20.2 Å². The molecular formula is C21H24BrN3O4S. The molecule has 1 aliphatic heterocycles. The van der Waals surface area contributed by atoms with E-state index < -0.39 is 10.0 Å². The molecule has 0 unspecified atom stereocenters. The van der Waals surface area contributed by atoms with Crippen LogP contribution in [0, 0.1) is 0 Å². The van der Waals surface area contributed by atoms with Gasteiger partial charge < -0.3 is 10.2 Å². The molecule has 1 N–H and O–H groups in total. The second-order valence-electron chi connectivity index (χ2n) is 7.34. The second-order valence-corrected chi connectivity index (χ2v) is 10.3. The number of carbonyl (C=O) groups is 2. The summed E-state index contributed by atoms with van der Waals surface area (Å²) in [6.07, 6.45) is 1.29. The topological polar surface area (TPSA) is 86.8 Å². The molecule has 2 aromatic rings. The summed E-state index contributed by atoms with van der Waals surface area (Å²) in [7, 11) is -0.776. The maximum Gasteiger partial charge on any atom is 0.253 e. The Morgan fingerprint density at radius 1 is 1.03 bits per heavy atom. The van der Waals surface area contributed by atoms with E-state index in [2.05, 4.69) is 21.2 Å². The minimum absolute atomic E-state index is 0.00338. The summed E-state index contributed by atoms with van der Waals surface area (Å²) in [6.45, 7) is 0.981. The lowest BCUT2D eigenvalue weighted by atomic mass is 10.0. The van der Waals surface area contributed by atoms with Gasteiger partial charge in [-0.1, -0.05) is 18.2 Å². The summed E-state index contributed by atoms with van der Waals surface area (Å²) < 4.78 is 26.5. The Kier molecular flexibility index (Phi) is 6.95. The van der Waals surface area contributed by atoms with Gasteiger partial charge in [0, 0.05) is 48.8 Å². The van der Waals surface area contributed by atoms with Gasteiger partial charge in [-0.25, -0.2) is 12.7 Å². The maximum atomic E-state index is 12.9. The van der Waals surface area contributed by atoms with Gasteiger partial charge in [-0.15, -0.1) is 0 Å². The molecule has 0 atom stereocenters. The van der Waals surface area contributed by atoms with Gasteiger partial charge in [-0.3, -0.25) is 9.59 Å². The quantitative estimate of drug-likeness (QED) is 0.693. The van der Waals surface area contributed by atoms with Crippen LogP contribution in [0.2, 0.25) is 0 Å². The third-order valence-electron chi connectivity index (χ3n) is 5.09. The number of benzene rings is 2. The molecule has 0 spiro atoms. The van der Waals surface area contributed by atoms with Crippen LogP contribution in [0.5, 0.6) is 0 Å². The number of hydrogen-bond donors (Lipinski definition) is 1. The smallest absolute Gasteiger partial charge is 0.253 e. The van der Waals surface area contributed by atoms with Gasteiger partial charge in [-0.2, -0.15) is 0 Å². The van der Waals surface area contributed by atoms with E-state index in [1.807, 2.05) is 18.2 Å². The Morgan fingerprint density at radius 3 is 2.27 bits per heavy atom. The van der Waals surface area contributed by atoms with E-state index in [4.69, 9.17) is 0 Å². The number of likely N-dealkylation sites (tertiary alicyclic amines) is 1. The van der Waals surface area contributed by atoms with E-state index in [1.54, 1.807) is 29.2 Å². The van der Waals surface area contributed by atoms with Crippen molar-refractivity contribution >= 4 is 37.8 Å². The highest BCUT2D eigenvalue weighted by Gasteiger charge is 2.27. The van der Waals surface area contributed by atoms with Crippen molar-refractivity contribution in [3.05, 3.63) is 64.1 Å². The summed E-state index contributed by atoms with van der Waals surface area (Å²) in [5.41, 5.74) is 0.936. The standard InChI is InChI=1S/C21H24BrN3O4S/c1-24(2)30(28,29)19-14-16(8-9-18(19)22)21(27)25-12-10-17(11-13-25)23-20(26)15-6-4-3-5-7-15/h3-9,14,17H,10-13H2,1-2H3,(H,23,26). The molecule has 3 rings (SSSR count). The van der Waals surface area contributed by atoms with Gasteiger partial charge in [0.2, 0.25) is 10.0 Å². The van der Waals surface area contributed by atoms with Crippen molar-refractivity contribution in [3.8, 4) is 0 Å². The summed E-state index contributed by atoms with van der Waals surface area (Å²) in [6, 6.07) is 13.6. The first-order chi connectivity index (χ1) is 14.2. The first-order valence-electron chi connectivity index (χ1n) is 9.57. The van der Waals surface area contributed by atoms with Crippen LogP contribution in [-0.2, 0) is 10.0 Å². The summed E-state index contributed by atoms with van der Waals surface area (Å²) in [5.74, 6) is -0.336. The zero-order valence-electron chi connectivity index (χ0n) is 16.8. The first-order valence-corrected chi connectivity index (χ1v) is 11.8.